The van der Waals surface area contributed by atoms with E-state index in [0.29, 0.717) is 0 Å². The van der Waals surface area contributed by atoms with Crippen LogP contribution in [-0.2, 0) is 6.42 Å². The van der Waals surface area contributed by atoms with E-state index in [1.165, 1.54) is 16.0 Å². The summed E-state index contributed by atoms with van der Waals surface area (Å²) in [6.45, 7) is 3.08. The molecule has 2 heteroatoms. The molecule has 124 valence electrons. The first-order chi connectivity index (χ1) is 11.0. The molecule has 0 aromatic heterocycles. The zero-order valence-electron chi connectivity index (χ0n) is 14.6. The summed E-state index contributed by atoms with van der Waals surface area (Å²) < 4.78 is 0. The fourth-order valence-corrected chi connectivity index (χ4v) is 3.21. The Bertz CT molecular complexity index is 563. The molecular formula is C21H30NO+. The molecule has 0 saturated heterocycles. The van der Waals surface area contributed by atoms with Crippen LogP contribution in [0.5, 0.6) is 0 Å². The van der Waals surface area contributed by atoms with E-state index in [0.717, 1.165) is 25.8 Å². The molecule has 0 amide bonds. The topological polar surface area (TPSA) is 24.7 Å². The number of rotatable bonds is 8. The first kappa shape index (κ1) is 17.7. The maximum atomic E-state index is 11.2. The van der Waals surface area contributed by atoms with Gasteiger partial charge in [0.2, 0.25) is 0 Å². The number of hydrogen-bond donors (Lipinski definition) is 2. The van der Waals surface area contributed by atoms with Crippen molar-refractivity contribution in [2.45, 2.75) is 37.7 Å². The molecule has 0 heterocycles. The van der Waals surface area contributed by atoms with Crippen LogP contribution in [0.15, 0.2) is 60.7 Å². The molecule has 0 aliphatic heterocycles. The van der Waals surface area contributed by atoms with E-state index in [-0.39, 0.29) is 5.92 Å². The third-order valence-corrected chi connectivity index (χ3v) is 4.59. The third kappa shape index (κ3) is 5.49. The second kappa shape index (κ2) is 8.28. The molecular weight excluding hydrogens is 282 g/mol. The average molecular weight is 312 g/mol. The second-order valence-corrected chi connectivity index (χ2v) is 7.07. The standard InChI is InChI=1S/C21H29NO/c1-21(23,15-10-16-22(2)3)20(19-13-8-5-9-14-19)17-18-11-6-4-7-12-18/h4-9,11-14,20,23H,10,15-17H2,1-3H3/p+1/t20-,21+/m0/s1. The molecule has 0 aliphatic rings. The number of hydrogen-bond acceptors (Lipinski definition) is 1. The molecule has 0 saturated carbocycles. The van der Waals surface area contributed by atoms with Crippen LogP contribution in [0.25, 0.3) is 0 Å². The molecule has 0 fully saturated rings. The molecule has 0 aliphatic carbocycles. The summed E-state index contributed by atoms with van der Waals surface area (Å²) >= 11 is 0. The summed E-state index contributed by atoms with van der Waals surface area (Å²) in [5.74, 6) is 0.114. The van der Waals surface area contributed by atoms with Crippen molar-refractivity contribution in [1.29, 1.82) is 0 Å². The average Bonchev–Trinajstić information content (AvgIpc) is 2.54. The Morgan fingerprint density at radius 2 is 1.52 bits per heavy atom. The van der Waals surface area contributed by atoms with Gasteiger partial charge < -0.3 is 10.0 Å². The van der Waals surface area contributed by atoms with Crippen molar-refractivity contribution in [2.75, 3.05) is 20.6 Å². The van der Waals surface area contributed by atoms with Gasteiger partial charge in [-0.15, -0.1) is 0 Å². The van der Waals surface area contributed by atoms with Gasteiger partial charge in [0.05, 0.1) is 26.2 Å². The molecule has 2 N–H and O–H groups in total. The Balaban J connectivity index is 2.18. The predicted octanol–water partition coefficient (Wildman–Crippen LogP) is 2.69. The lowest BCUT2D eigenvalue weighted by atomic mass is 9.77. The Hall–Kier alpha value is -1.64. The van der Waals surface area contributed by atoms with E-state index in [9.17, 15) is 5.11 Å². The third-order valence-electron chi connectivity index (χ3n) is 4.59. The molecule has 2 aromatic carbocycles. The lowest BCUT2D eigenvalue weighted by molar-refractivity contribution is -0.858. The van der Waals surface area contributed by atoms with Gasteiger partial charge in [-0.05, 0) is 37.3 Å². The smallest absolute Gasteiger partial charge is 0.0767 e. The van der Waals surface area contributed by atoms with Crippen molar-refractivity contribution in [3.63, 3.8) is 0 Å². The highest BCUT2D eigenvalue weighted by Crippen LogP contribution is 2.34. The lowest BCUT2D eigenvalue weighted by Gasteiger charge is -2.34. The van der Waals surface area contributed by atoms with Gasteiger partial charge in [-0.2, -0.15) is 0 Å². The highest BCUT2D eigenvalue weighted by atomic mass is 16.3. The molecule has 2 nitrogen and oxygen atoms in total. The fourth-order valence-electron chi connectivity index (χ4n) is 3.21. The summed E-state index contributed by atoms with van der Waals surface area (Å²) in [6.07, 6.45) is 2.73. The summed E-state index contributed by atoms with van der Waals surface area (Å²) in [4.78, 5) is 1.43. The zero-order valence-corrected chi connectivity index (χ0v) is 14.6. The first-order valence-corrected chi connectivity index (χ1v) is 8.59. The van der Waals surface area contributed by atoms with Crippen LogP contribution in [0.3, 0.4) is 0 Å². The highest BCUT2D eigenvalue weighted by Gasteiger charge is 2.32. The monoisotopic (exact) mass is 312 g/mol. The molecule has 0 unspecified atom stereocenters. The summed E-state index contributed by atoms with van der Waals surface area (Å²) in [5, 5.41) is 11.2. The molecule has 0 bridgehead atoms. The van der Waals surface area contributed by atoms with Crippen molar-refractivity contribution < 1.29 is 10.0 Å². The van der Waals surface area contributed by atoms with Gasteiger partial charge in [-0.3, -0.25) is 0 Å². The minimum atomic E-state index is -0.702. The number of aliphatic hydroxyl groups is 1. The SMILES string of the molecule is C[NH+](C)CCC[C@@](C)(O)[C@@H](Cc1ccccc1)c1ccccc1. The van der Waals surface area contributed by atoms with E-state index in [1.54, 1.807) is 0 Å². The van der Waals surface area contributed by atoms with Gasteiger partial charge >= 0.3 is 0 Å². The Kier molecular flexibility index (Phi) is 6.37. The van der Waals surface area contributed by atoms with E-state index >= 15 is 0 Å². The van der Waals surface area contributed by atoms with Crippen LogP contribution in [0.4, 0.5) is 0 Å². The first-order valence-electron chi connectivity index (χ1n) is 8.59. The Labute approximate surface area is 140 Å². The second-order valence-electron chi connectivity index (χ2n) is 7.07. The molecule has 2 atom stereocenters. The van der Waals surface area contributed by atoms with E-state index in [2.05, 4.69) is 62.6 Å². The van der Waals surface area contributed by atoms with Gasteiger partial charge in [0.1, 0.15) is 0 Å². The van der Waals surface area contributed by atoms with E-state index < -0.39 is 5.60 Å². The normalized spacial score (nSPS) is 15.3. The number of benzene rings is 2. The van der Waals surface area contributed by atoms with Crippen LogP contribution in [-0.4, -0.2) is 31.3 Å². The van der Waals surface area contributed by atoms with Crippen molar-refractivity contribution in [1.82, 2.24) is 0 Å². The number of nitrogens with one attached hydrogen (secondary N) is 1. The van der Waals surface area contributed by atoms with Gasteiger partial charge in [0.15, 0.2) is 0 Å². The summed E-state index contributed by atoms with van der Waals surface area (Å²) in [7, 11) is 4.32. The molecule has 2 rings (SSSR count). The summed E-state index contributed by atoms with van der Waals surface area (Å²) in [5.41, 5.74) is 1.80. The van der Waals surface area contributed by atoms with Crippen molar-refractivity contribution in [3.05, 3.63) is 71.8 Å². The van der Waals surface area contributed by atoms with Crippen LogP contribution >= 0.6 is 0 Å². The minimum Gasteiger partial charge on any atom is -0.390 e. The molecule has 0 spiro atoms. The summed E-state index contributed by atoms with van der Waals surface area (Å²) in [6, 6.07) is 20.9. The highest BCUT2D eigenvalue weighted by molar-refractivity contribution is 5.27. The largest absolute Gasteiger partial charge is 0.390 e. The Morgan fingerprint density at radius 1 is 0.957 bits per heavy atom. The van der Waals surface area contributed by atoms with E-state index in [1.807, 2.05) is 19.1 Å². The van der Waals surface area contributed by atoms with Gasteiger partial charge in [-0.1, -0.05) is 60.7 Å². The van der Waals surface area contributed by atoms with Crippen LogP contribution in [0, 0.1) is 0 Å². The fraction of sp³-hybridized carbons (Fsp3) is 0.429. The molecule has 2 aromatic rings. The van der Waals surface area contributed by atoms with Gasteiger partial charge in [0.25, 0.3) is 0 Å². The minimum absolute atomic E-state index is 0.114. The maximum absolute atomic E-state index is 11.2. The van der Waals surface area contributed by atoms with E-state index in [4.69, 9.17) is 0 Å². The molecule has 23 heavy (non-hydrogen) atoms. The van der Waals surface area contributed by atoms with Crippen molar-refractivity contribution >= 4 is 0 Å². The van der Waals surface area contributed by atoms with Crippen molar-refractivity contribution in [3.8, 4) is 0 Å². The Morgan fingerprint density at radius 3 is 2.09 bits per heavy atom. The van der Waals surface area contributed by atoms with Gasteiger partial charge in [-0.25, -0.2) is 0 Å². The van der Waals surface area contributed by atoms with Crippen LogP contribution < -0.4 is 4.90 Å². The molecule has 0 radical (unpaired) electrons. The number of quaternary nitrogens is 1. The van der Waals surface area contributed by atoms with Gasteiger partial charge in [0, 0.05) is 5.92 Å². The zero-order chi connectivity index (χ0) is 16.7. The van der Waals surface area contributed by atoms with Crippen LogP contribution in [0.1, 0.15) is 36.8 Å². The quantitative estimate of drug-likeness (QED) is 0.770. The predicted molar refractivity (Wildman–Crippen MR) is 96.9 cm³/mol. The van der Waals surface area contributed by atoms with Crippen LogP contribution in [0.2, 0.25) is 0 Å². The maximum Gasteiger partial charge on any atom is 0.0767 e. The lowest BCUT2D eigenvalue weighted by Crippen LogP contribution is -3.05. The van der Waals surface area contributed by atoms with Crippen molar-refractivity contribution in [2.24, 2.45) is 0 Å².